The molecule has 0 fully saturated rings. The first-order valence-corrected chi connectivity index (χ1v) is 6.21. The van der Waals surface area contributed by atoms with Gasteiger partial charge in [-0.1, -0.05) is 11.6 Å². The molecule has 0 bridgehead atoms. The van der Waals surface area contributed by atoms with Gasteiger partial charge in [0.15, 0.2) is 0 Å². The van der Waals surface area contributed by atoms with Gasteiger partial charge in [0.05, 0.1) is 5.02 Å². The molecule has 0 unspecified atom stereocenters. The lowest BCUT2D eigenvalue weighted by Crippen LogP contribution is -2.06. The van der Waals surface area contributed by atoms with E-state index in [9.17, 15) is 4.39 Å². The second-order valence-corrected chi connectivity index (χ2v) is 4.57. The van der Waals surface area contributed by atoms with Crippen LogP contribution in [0.4, 0.5) is 4.39 Å². The summed E-state index contributed by atoms with van der Waals surface area (Å²) in [6.07, 6.45) is 0. The van der Waals surface area contributed by atoms with E-state index in [1.807, 2.05) is 26.1 Å². The molecule has 100 valence electrons. The smallest absolute Gasteiger partial charge is 0.219 e. The van der Waals surface area contributed by atoms with Crippen molar-refractivity contribution in [2.24, 2.45) is 0 Å². The van der Waals surface area contributed by atoms with Crippen LogP contribution in [0.3, 0.4) is 0 Å². The van der Waals surface area contributed by atoms with Gasteiger partial charge in [0.25, 0.3) is 0 Å². The fourth-order valence-corrected chi connectivity index (χ4v) is 1.90. The van der Waals surface area contributed by atoms with Crippen molar-refractivity contribution >= 4 is 11.6 Å². The van der Waals surface area contributed by atoms with Gasteiger partial charge in [-0.25, -0.2) is 9.37 Å². The van der Waals surface area contributed by atoms with Crippen LogP contribution in [-0.2, 0) is 6.54 Å². The fourth-order valence-electron chi connectivity index (χ4n) is 1.73. The van der Waals surface area contributed by atoms with Crippen molar-refractivity contribution < 1.29 is 9.13 Å². The number of rotatable bonds is 4. The molecule has 1 aromatic heterocycles. The third-order valence-electron chi connectivity index (χ3n) is 2.48. The SMILES string of the molecule is CNCc1cc(C)nc(Oc2ccc(F)c(Cl)c2)c1. The summed E-state index contributed by atoms with van der Waals surface area (Å²) >= 11 is 5.71. The number of benzene rings is 1. The summed E-state index contributed by atoms with van der Waals surface area (Å²) < 4.78 is 18.6. The molecule has 0 saturated carbocycles. The summed E-state index contributed by atoms with van der Waals surface area (Å²) in [6, 6.07) is 8.02. The van der Waals surface area contributed by atoms with E-state index in [2.05, 4.69) is 10.3 Å². The van der Waals surface area contributed by atoms with E-state index in [-0.39, 0.29) is 5.02 Å². The number of aromatic nitrogens is 1. The Hall–Kier alpha value is -1.65. The van der Waals surface area contributed by atoms with Crippen LogP contribution in [0.15, 0.2) is 30.3 Å². The van der Waals surface area contributed by atoms with Crippen molar-refractivity contribution in [2.45, 2.75) is 13.5 Å². The maximum atomic E-state index is 13.1. The molecule has 0 saturated heterocycles. The number of aryl methyl sites for hydroxylation is 1. The van der Waals surface area contributed by atoms with E-state index < -0.39 is 5.82 Å². The lowest BCUT2D eigenvalue weighted by atomic mass is 10.2. The molecule has 19 heavy (non-hydrogen) atoms. The Kier molecular flexibility index (Phi) is 4.35. The highest BCUT2D eigenvalue weighted by atomic mass is 35.5. The maximum absolute atomic E-state index is 13.1. The number of nitrogens with one attached hydrogen (secondary N) is 1. The lowest BCUT2D eigenvalue weighted by Gasteiger charge is -2.08. The van der Waals surface area contributed by atoms with E-state index in [0.29, 0.717) is 11.6 Å². The number of halogens is 2. The molecular formula is C14H14ClFN2O. The molecule has 0 radical (unpaired) electrons. The standard InChI is InChI=1S/C14H14ClFN2O/c1-9-5-10(8-17-2)6-14(18-9)19-11-3-4-13(16)12(15)7-11/h3-7,17H,8H2,1-2H3. The zero-order valence-electron chi connectivity index (χ0n) is 10.7. The topological polar surface area (TPSA) is 34.2 Å². The summed E-state index contributed by atoms with van der Waals surface area (Å²) in [5, 5.41) is 3.09. The minimum absolute atomic E-state index is 0.0283. The molecule has 1 N–H and O–H groups in total. The number of hydrogen-bond donors (Lipinski definition) is 1. The Morgan fingerprint density at radius 1 is 1.32 bits per heavy atom. The van der Waals surface area contributed by atoms with Gasteiger partial charge in [-0.05, 0) is 37.7 Å². The van der Waals surface area contributed by atoms with E-state index in [1.165, 1.54) is 18.2 Å². The zero-order chi connectivity index (χ0) is 13.8. The molecule has 3 nitrogen and oxygen atoms in total. The van der Waals surface area contributed by atoms with Gasteiger partial charge in [0, 0.05) is 24.4 Å². The van der Waals surface area contributed by atoms with Gasteiger partial charge in [-0.3, -0.25) is 0 Å². The molecular weight excluding hydrogens is 267 g/mol. The van der Waals surface area contributed by atoms with E-state index in [0.717, 1.165) is 17.8 Å². The predicted molar refractivity (Wildman–Crippen MR) is 73.2 cm³/mol. The molecule has 1 aromatic carbocycles. The summed E-state index contributed by atoms with van der Waals surface area (Å²) in [5.41, 5.74) is 1.93. The first-order valence-electron chi connectivity index (χ1n) is 5.83. The average Bonchev–Trinajstić information content (AvgIpc) is 2.33. The molecule has 0 aliphatic carbocycles. The lowest BCUT2D eigenvalue weighted by molar-refractivity contribution is 0.459. The molecule has 5 heteroatoms. The first kappa shape index (κ1) is 13.8. The normalized spacial score (nSPS) is 10.5. The Balaban J connectivity index is 2.24. The molecule has 2 aromatic rings. The highest BCUT2D eigenvalue weighted by Gasteiger charge is 2.05. The van der Waals surface area contributed by atoms with Crippen LogP contribution in [0.25, 0.3) is 0 Å². The number of ether oxygens (including phenoxy) is 1. The Labute approximate surface area is 116 Å². The predicted octanol–water partition coefficient (Wildman–Crippen LogP) is 3.69. The molecule has 0 amide bonds. The van der Waals surface area contributed by atoms with Crippen LogP contribution in [0.5, 0.6) is 11.6 Å². The second kappa shape index (κ2) is 5.99. The number of hydrogen-bond acceptors (Lipinski definition) is 3. The van der Waals surface area contributed by atoms with Gasteiger partial charge in [0.2, 0.25) is 5.88 Å². The van der Waals surface area contributed by atoms with Gasteiger partial charge < -0.3 is 10.1 Å². The van der Waals surface area contributed by atoms with Crippen LogP contribution < -0.4 is 10.1 Å². The second-order valence-electron chi connectivity index (χ2n) is 4.16. The first-order chi connectivity index (χ1) is 9.08. The van der Waals surface area contributed by atoms with Crippen molar-refractivity contribution in [2.75, 3.05) is 7.05 Å². The van der Waals surface area contributed by atoms with Crippen molar-refractivity contribution in [1.29, 1.82) is 0 Å². The summed E-state index contributed by atoms with van der Waals surface area (Å²) in [5.74, 6) is 0.454. The Bertz CT molecular complexity index is 590. The molecule has 0 spiro atoms. The van der Waals surface area contributed by atoms with E-state index in [4.69, 9.17) is 16.3 Å². The van der Waals surface area contributed by atoms with Crippen LogP contribution >= 0.6 is 11.6 Å². The van der Waals surface area contributed by atoms with E-state index in [1.54, 1.807) is 0 Å². The van der Waals surface area contributed by atoms with Crippen molar-refractivity contribution in [3.8, 4) is 11.6 Å². The van der Waals surface area contributed by atoms with Crippen molar-refractivity contribution in [3.63, 3.8) is 0 Å². The molecule has 2 rings (SSSR count). The van der Waals surface area contributed by atoms with Crippen molar-refractivity contribution in [1.82, 2.24) is 10.3 Å². The average molecular weight is 281 g/mol. The fraction of sp³-hybridized carbons (Fsp3) is 0.214. The quantitative estimate of drug-likeness (QED) is 0.927. The summed E-state index contributed by atoms with van der Waals surface area (Å²) in [7, 11) is 1.87. The zero-order valence-corrected chi connectivity index (χ0v) is 11.5. The van der Waals surface area contributed by atoms with Crippen LogP contribution in [-0.4, -0.2) is 12.0 Å². The van der Waals surface area contributed by atoms with Gasteiger partial charge >= 0.3 is 0 Å². The monoisotopic (exact) mass is 280 g/mol. The highest BCUT2D eigenvalue weighted by Crippen LogP contribution is 2.25. The molecule has 0 atom stereocenters. The van der Waals surface area contributed by atoms with Gasteiger partial charge in [0.1, 0.15) is 11.6 Å². The van der Waals surface area contributed by atoms with E-state index >= 15 is 0 Å². The minimum atomic E-state index is -0.470. The Morgan fingerprint density at radius 2 is 2.11 bits per heavy atom. The van der Waals surface area contributed by atoms with Crippen molar-refractivity contribution in [3.05, 3.63) is 52.4 Å². The van der Waals surface area contributed by atoms with Crippen LogP contribution in [0.1, 0.15) is 11.3 Å². The summed E-state index contributed by atoms with van der Waals surface area (Å²) in [4.78, 5) is 4.28. The van der Waals surface area contributed by atoms with Gasteiger partial charge in [-0.15, -0.1) is 0 Å². The maximum Gasteiger partial charge on any atom is 0.219 e. The molecule has 0 aliphatic rings. The van der Waals surface area contributed by atoms with Gasteiger partial charge in [-0.2, -0.15) is 0 Å². The van der Waals surface area contributed by atoms with Crippen LogP contribution in [0, 0.1) is 12.7 Å². The highest BCUT2D eigenvalue weighted by molar-refractivity contribution is 6.30. The largest absolute Gasteiger partial charge is 0.439 e. The number of nitrogens with zero attached hydrogens (tertiary/aromatic N) is 1. The molecule has 1 heterocycles. The minimum Gasteiger partial charge on any atom is -0.439 e. The number of pyridine rings is 1. The molecule has 0 aliphatic heterocycles. The summed E-state index contributed by atoms with van der Waals surface area (Å²) in [6.45, 7) is 2.62. The third kappa shape index (κ3) is 3.66. The van der Waals surface area contributed by atoms with Crippen LogP contribution in [0.2, 0.25) is 5.02 Å². The Morgan fingerprint density at radius 3 is 2.79 bits per heavy atom. The third-order valence-corrected chi connectivity index (χ3v) is 2.77.